The third-order valence-electron chi connectivity index (χ3n) is 3.81. The molecule has 0 aliphatic carbocycles. The van der Waals surface area contributed by atoms with Crippen LogP contribution in [0.25, 0.3) is 11.0 Å². The molecule has 0 bridgehead atoms. The molecule has 0 saturated heterocycles. The summed E-state index contributed by atoms with van der Waals surface area (Å²) in [6, 6.07) is 16.8. The van der Waals surface area contributed by atoms with Gasteiger partial charge < -0.3 is 9.88 Å². The molecule has 1 N–H and O–H groups in total. The molecule has 0 fully saturated rings. The Hall–Kier alpha value is -2.29. The van der Waals surface area contributed by atoms with E-state index in [0.717, 1.165) is 30.7 Å². The van der Waals surface area contributed by atoms with Gasteiger partial charge in [-0.3, -0.25) is 0 Å². The third kappa shape index (κ3) is 3.07. The van der Waals surface area contributed by atoms with Crippen molar-refractivity contribution in [1.82, 2.24) is 9.55 Å². The second kappa shape index (κ2) is 6.00. The lowest BCUT2D eigenvalue weighted by Crippen LogP contribution is -2.05. The van der Waals surface area contributed by atoms with Gasteiger partial charge in [0.05, 0.1) is 11.0 Å². The average Bonchev–Trinajstić information content (AvgIpc) is 2.80. The molecule has 0 unspecified atom stereocenters. The number of para-hydroxylation sites is 1. The minimum absolute atomic E-state index is 0.965. The molecule has 3 rings (SSSR count). The Bertz CT molecular complexity index is 729. The van der Waals surface area contributed by atoms with E-state index in [1.807, 2.05) is 6.07 Å². The molecule has 0 atom stereocenters. The van der Waals surface area contributed by atoms with E-state index < -0.39 is 0 Å². The van der Waals surface area contributed by atoms with Crippen molar-refractivity contribution in [3.05, 3.63) is 59.9 Å². The highest BCUT2D eigenvalue weighted by molar-refractivity contribution is 5.76. The molecule has 21 heavy (non-hydrogen) atoms. The van der Waals surface area contributed by atoms with Gasteiger partial charge in [0, 0.05) is 25.7 Å². The number of nitrogens with one attached hydrogen (secondary N) is 1. The van der Waals surface area contributed by atoms with Crippen LogP contribution in [0.2, 0.25) is 0 Å². The summed E-state index contributed by atoms with van der Waals surface area (Å²) in [5, 5.41) is 3.44. The van der Waals surface area contributed by atoms with E-state index in [0.29, 0.717) is 0 Å². The van der Waals surface area contributed by atoms with Gasteiger partial charge in [-0.1, -0.05) is 24.3 Å². The fraction of sp³-hybridized carbons (Fsp3) is 0.278. The lowest BCUT2D eigenvalue weighted by molar-refractivity contribution is 0.753. The van der Waals surface area contributed by atoms with Crippen LogP contribution in [-0.2, 0) is 13.5 Å². The second-order valence-corrected chi connectivity index (χ2v) is 5.48. The van der Waals surface area contributed by atoms with Crippen LogP contribution in [0.5, 0.6) is 0 Å². The summed E-state index contributed by atoms with van der Waals surface area (Å²) in [6.07, 6.45) is 2.06. The number of imidazole rings is 1. The summed E-state index contributed by atoms with van der Waals surface area (Å²) in [5.41, 5.74) is 4.76. The summed E-state index contributed by atoms with van der Waals surface area (Å²) in [6.45, 7) is 3.07. The van der Waals surface area contributed by atoms with Crippen molar-refractivity contribution in [2.45, 2.75) is 19.8 Å². The van der Waals surface area contributed by atoms with E-state index in [4.69, 9.17) is 4.98 Å². The minimum Gasteiger partial charge on any atom is -0.385 e. The SMILES string of the molecule is Cc1ccc2c(c1)nc(CCCNc1ccccc1)n2C. The van der Waals surface area contributed by atoms with Gasteiger partial charge >= 0.3 is 0 Å². The Labute approximate surface area is 125 Å². The monoisotopic (exact) mass is 279 g/mol. The Balaban J connectivity index is 1.62. The maximum atomic E-state index is 4.75. The van der Waals surface area contributed by atoms with E-state index >= 15 is 0 Å². The van der Waals surface area contributed by atoms with Crippen LogP contribution >= 0.6 is 0 Å². The first-order valence-electron chi connectivity index (χ1n) is 7.45. The van der Waals surface area contributed by atoms with Crippen LogP contribution in [0.1, 0.15) is 17.8 Å². The number of hydrogen-bond donors (Lipinski definition) is 1. The van der Waals surface area contributed by atoms with Crippen LogP contribution in [0.3, 0.4) is 0 Å². The van der Waals surface area contributed by atoms with Gasteiger partial charge in [0.15, 0.2) is 0 Å². The minimum atomic E-state index is 0.965. The summed E-state index contributed by atoms with van der Waals surface area (Å²) < 4.78 is 2.21. The molecular formula is C18H21N3. The largest absolute Gasteiger partial charge is 0.385 e. The predicted octanol–water partition coefficient (Wildman–Crippen LogP) is 3.93. The van der Waals surface area contributed by atoms with Gasteiger partial charge in [0.2, 0.25) is 0 Å². The number of anilines is 1. The molecule has 0 aliphatic rings. The molecular weight excluding hydrogens is 258 g/mol. The standard InChI is InChI=1S/C18H21N3/c1-14-10-11-17-16(13-14)20-18(21(17)2)9-6-12-19-15-7-4-3-5-8-15/h3-5,7-8,10-11,13,19H,6,9,12H2,1-2H3. The number of hydrogen-bond acceptors (Lipinski definition) is 2. The molecule has 3 nitrogen and oxygen atoms in total. The highest BCUT2D eigenvalue weighted by atomic mass is 15.1. The van der Waals surface area contributed by atoms with Crippen molar-refractivity contribution >= 4 is 16.7 Å². The summed E-state index contributed by atoms with van der Waals surface area (Å²) in [5.74, 6) is 1.16. The van der Waals surface area contributed by atoms with Crippen molar-refractivity contribution < 1.29 is 0 Å². The van der Waals surface area contributed by atoms with Gasteiger partial charge in [0.25, 0.3) is 0 Å². The molecule has 1 heterocycles. The Morgan fingerprint density at radius 3 is 2.71 bits per heavy atom. The predicted molar refractivity (Wildman–Crippen MR) is 88.7 cm³/mol. The summed E-state index contributed by atoms with van der Waals surface area (Å²) in [4.78, 5) is 4.75. The third-order valence-corrected chi connectivity index (χ3v) is 3.81. The maximum Gasteiger partial charge on any atom is 0.109 e. The number of nitrogens with zero attached hydrogens (tertiary/aromatic N) is 2. The molecule has 3 aromatic rings. The Morgan fingerprint density at radius 2 is 1.90 bits per heavy atom. The van der Waals surface area contributed by atoms with Gasteiger partial charge in [-0.15, -0.1) is 0 Å². The van der Waals surface area contributed by atoms with E-state index in [1.165, 1.54) is 16.8 Å². The van der Waals surface area contributed by atoms with Crippen molar-refractivity contribution in [3.8, 4) is 0 Å². The number of aromatic nitrogens is 2. The van der Waals surface area contributed by atoms with Gasteiger partial charge in [-0.25, -0.2) is 4.98 Å². The fourth-order valence-corrected chi connectivity index (χ4v) is 2.62. The van der Waals surface area contributed by atoms with Crippen LogP contribution in [0.15, 0.2) is 48.5 Å². The summed E-state index contributed by atoms with van der Waals surface area (Å²) in [7, 11) is 2.10. The maximum absolute atomic E-state index is 4.75. The topological polar surface area (TPSA) is 29.9 Å². The van der Waals surface area contributed by atoms with E-state index in [-0.39, 0.29) is 0 Å². The number of rotatable bonds is 5. The zero-order valence-corrected chi connectivity index (χ0v) is 12.6. The lowest BCUT2D eigenvalue weighted by Gasteiger charge is -2.06. The molecule has 0 amide bonds. The van der Waals surface area contributed by atoms with Crippen LogP contribution < -0.4 is 5.32 Å². The van der Waals surface area contributed by atoms with Crippen molar-refractivity contribution in [2.75, 3.05) is 11.9 Å². The average molecular weight is 279 g/mol. The number of fused-ring (bicyclic) bond motifs is 1. The quantitative estimate of drug-likeness (QED) is 0.717. The molecule has 0 saturated carbocycles. The molecule has 0 radical (unpaired) electrons. The van der Waals surface area contributed by atoms with Crippen LogP contribution in [0.4, 0.5) is 5.69 Å². The Kier molecular flexibility index (Phi) is 3.91. The second-order valence-electron chi connectivity index (χ2n) is 5.48. The van der Waals surface area contributed by atoms with E-state index in [9.17, 15) is 0 Å². The van der Waals surface area contributed by atoms with Gasteiger partial charge in [-0.2, -0.15) is 0 Å². The smallest absolute Gasteiger partial charge is 0.109 e. The normalized spacial score (nSPS) is 11.0. The van der Waals surface area contributed by atoms with E-state index in [1.54, 1.807) is 0 Å². The molecule has 0 spiro atoms. The zero-order chi connectivity index (χ0) is 14.7. The fourth-order valence-electron chi connectivity index (χ4n) is 2.62. The molecule has 3 heteroatoms. The number of benzene rings is 2. The number of aryl methyl sites for hydroxylation is 3. The van der Waals surface area contributed by atoms with Gasteiger partial charge in [0.1, 0.15) is 5.82 Å². The zero-order valence-electron chi connectivity index (χ0n) is 12.6. The Morgan fingerprint density at radius 1 is 1.10 bits per heavy atom. The van der Waals surface area contributed by atoms with Crippen molar-refractivity contribution in [1.29, 1.82) is 0 Å². The van der Waals surface area contributed by atoms with Crippen LogP contribution in [-0.4, -0.2) is 16.1 Å². The lowest BCUT2D eigenvalue weighted by atomic mass is 10.2. The first-order valence-corrected chi connectivity index (χ1v) is 7.45. The molecule has 0 aliphatic heterocycles. The van der Waals surface area contributed by atoms with E-state index in [2.05, 4.69) is 66.3 Å². The van der Waals surface area contributed by atoms with Gasteiger partial charge in [-0.05, 0) is 43.2 Å². The first kappa shape index (κ1) is 13.7. The highest BCUT2D eigenvalue weighted by Gasteiger charge is 2.07. The van der Waals surface area contributed by atoms with Crippen LogP contribution in [0, 0.1) is 6.92 Å². The van der Waals surface area contributed by atoms with Crippen molar-refractivity contribution in [2.24, 2.45) is 7.05 Å². The molecule has 108 valence electrons. The molecule has 2 aromatic carbocycles. The molecule has 1 aromatic heterocycles. The highest BCUT2D eigenvalue weighted by Crippen LogP contribution is 2.17. The summed E-state index contributed by atoms with van der Waals surface area (Å²) >= 11 is 0. The van der Waals surface area contributed by atoms with Crippen molar-refractivity contribution in [3.63, 3.8) is 0 Å². The first-order chi connectivity index (χ1) is 10.2.